The number of fused-ring (bicyclic) bond motifs is 1. The SMILES string of the molecule is c1ccc(NC2CCCN(c3ncnc4[nH]ncc34)C2)cc1. The fraction of sp³-hybridized carbons (Fsp3) is 0.312. The van der Waals surface area contributed by atoms with Gasteiger partial charge in [-0.3, -0.25) is 5.10 Å². The minimum atomic E-state index is 0.424. The van der Waals surface area contributed by atoms with Crippen LogP contribution in [0.25, 0.3) is 11.0 Å². The summed E-state index contributed by atoms with van der Waals surface area (Å²) in [5.74, 6) is 0.971. The highest BCUT2D eigenvalue weighted by Gasteiger charge is 2.22. The van der Waals surface area contributed by atoms with Crippen LogP contribution in [0, 0.1) is 0 Å². The summed E-state index contributed by atoms with van der Waals surface area (Å²) < 4.78 is 0. The van der Waals surface area contributed by atoms with Crippen molar-refractivity contribution in [1.82, 2.24) is 20.2 Å². The van der Waals surface area contributed by atoms with E-state index in [4.69, 9.17) is 0 Å². The molecule has 2 N–H and O–H groups in total. The van der Waals surface area contributed by atoms with E-state index in [2.05, 4.69) is 54.6 Å². The smallest absolute Gasteiger partial charge is 0.160 e. The van der Waals surface area contributed by atoms with E-state index in [1.807, 2.05) is 6.07 Å². The lowest BCUT2D eigenvalue weighted by Gasteiger charge is -2.34. The highest BCUT2D eigenvalue weighted by atomic mass is 15.2. The lowest BCUT2D eigenvalue weighted by atomic mass is 10.0. The summed E-state index contributed by atoms with van der Waals surface area (Å²) in [6, 6.07) is 10.8. The number of nitrogens with one attached hydrogen (secondary N) is 2. The lowest BCUT2D eigenvalue weighted by molar-refractivity contribution is 0.527. The van der Waals surface area contributed by atoms with Crippen LogP contribution in [0.3, 0.4) is 0 Å². The molecule has 0 saturated carbocycles. The Labute approximate surface area is 128 Å². The van der Waals surface area contributed by atoms with Gasteiger partial charge >= 0.3 is 0 Å². The predicted molar refractivity (Wildman–Crippen MR) is 87.0 cm³/mol. The summed E-state index contributed by atoms with van der Waals surface area (Å²) in [7, 11) is 0. The second kappa shape index (κ2) is 5.63. The van der Waals surface area contributed by atoms with Crippen LogP contribution in [-0.2, 0) is 0 Å². The Bertz CT molecular complexity index is 753. The molecule has 1 fully saturated rings. The third kappa shape index (κ3) is 2.47. The van der Waals surface area contributed by atoms with E-state index in [1.54, 1.807) is 12.5 Å². The molecule has 0 aliphatic carbocycles. The molecule has 1 aliphatic heterocycles. The van der Waals surface area contributed by atoms with E-state index in [1.165, 1.54) is 12.1 Å². The maximum Gasteiger partial charge on any atom is 0.160 e. The molecule has 4 rings (SSSR count). The van der Waals surface area contributed by atoms with Gasteiger partial charge in [0.25, 0.3) is 0 Å². The van der Waals surface area contributed by atoms with Gasteiger partial charge in [-0.05, 0) is 25.0 Å². The first-order valence-electron chi connectivity index (χ1n) is 7.61. The Morgan fingerprint density at radius 1 is 1.18 bits per heavy atom. The van der Waals surface area contributed by atoms with Crippen LogP contribution in [0.5, 0.6) is 0 Å². The molecular weight excluding hydrogens is 276 g/mol. The summed E-state index contributed by atoms with van der Waals surface area (Å²) in [5.41, 5.74) is 1.97. The van der Waals surface area contributed by atoms with Gasteiger partial charge in [-0.25, -0.2) is 9.97 Å². The van der Waals surface area contributed by atoms with Crippen molar-refractivity contribution < 1.29 is 0 Å². The molecule has 1 atom stereocenters. The Morgan fingerprint density at radius 2 is 2.09 bits per heavy atom. The first-order chi connectivity index (χ1) is 10.9. The highest BCUT2D eigenvalue weighted by molar-refractivity contribution is 5.86. The largest absolute Gasteiger partial charge is 0.381 e. The van der Waals surface area contributed by atoms with Crippen molar-refractivity contribution in [2.24, 2.45) is 0 Å². The van der Waals surface area contributed by atoms with E-state index in [9.17, 15) is 0 Å². The van der Waals surface area contributed by atoms with Gasteiger partial charge in [0.1, 0.15) is 12.1 Å². The van der Waals surface area contributed by atoms with Crippen molar-refractivity contribution in [2.45, 2.75) is 18.9 Å². The van der Waals surface area contributed by atoms with E-state index in [0.29, 0.717) is 6.04 Å². The molecule has 6 heteroatoms. The zero-order valence-corrected chi connectivity index (χ0v) is 12.2. The molecular formula is C16H18N6. The summed E-state index contributed by atoms with van der Waals surface area (Å²) in [4.78, 5) is 11.0. The second-order valence-electron chi connectivity index (χ2n) is 5.63. The van der Waals surface area contributed by atoms with Gasteiger partial charge in [0, 0.05) is 24.8 Å². The van der Waals surface area contributed by atoms with E-state index < -0.39 is 0 Å². The van der Waals surface area contributed by atoms with Gasteiger partial charge in [0.05, 0.1) is 11.6 Å². The quantitative estimate of drug-likeness (QED) is 0.776. The summed E-state index contributed by atoms with van der Waals surface area (Å²) in [5, 5.41) is 11.6. The Hall–Kier alpha value is -2.63. The van der Waals surface area contributed by atoms with Crippen molar-refractivity contribution in [1.29, 1.82) is 0 Å². The fourth-order valence-corrected chi connectivity index (χ4v) is 3.06. The summed E-state index contributed by atoms with van der Waals surface area (Å²) >= 11 is 0. The molecule has 1 unspecified atom stereocenters. The minimum Gasteiger partial charge on any atom is -0.381 e. The molecule has 0 spiro atoms. The van der Waals surface area contributed by atoms with Gasteiger partial charge < -0.3 is 10.2 Å². The van der Waals surface area contributed by atoms with Crippen molar-refractivity contribution in [3.05, 3.63) is 42.9 Å². The maximum absolute atomic E-state index is 4.47. The summed E-state index contributed by atoms with van der Waals surface area (Å²) in [6.45, 7) is 1.95. The van der Waals surface area contributed by atoms with Gasteiger partial charge in [0.2, 0.25) is 0 Å². The Balaban J connectivity index is 1.55. The Kier molecular flexibility index (Phi) is 3.34. The average molecular weight is 294 g/mol. The van der Waals surface area contributed by atoms with Crippen LogP contribution in [0.4, 0.5) is 11.5 Å². The zero-order valence-electron chi connectivity index (χ0n) is 12.2. The van der Waals surface area contributed by atoms with Gasteiger partial charge in [-0.15, -0.1) is 0 Å². The third-order valence-corrected chi connectivity index (χ3v) is 4.09. The average Bonchev–Trinajstić information content (AvgIpc) is 3.04. The highest BCUT2D eigenvalue weighted by Crippen LogP contribution is 2.25. The molecule has 6 nitrogen and oxygen atoms in total. The molecule has 0 radical (unpaired) electrons. The molecule has 0 bridgehead atoms. The number of H-pyrrole nitrogens is 1. The fourth-order valence-electron chi connectivity index (χ4n) is 3.06. The minimum absolute atomic E-state index is 0.424. The first-order valence-corrected chi connectivity index (χ1v) is 7.61. The number of hydrogen-bond acceptors (Lipinski definition) is 5. The van der Waals surface area contributed by atoms with Gasteiger partial charge in [-0.2, -0.15) is 5.10 Å². The molecule has 2 aromatic heterocycles. The normalized spacial score (nSPS) is 18.5. The molecule has 1 saturated heterocycles. The maximum atomic E-state index is 4.47. The van der Waals surface area contributed by atoms with Crippen molar-refractivity contribution in [2.75, 3.05) is 23.3 Å². The number of aromatic amines is 1. The van der Waals surface area contributed by atoms with Crippen LogP contribution in [0.15, 0.2) is 42.9 Å². The van der Waals surface area contributed by atoms with E-state index in [0.717, 1.165) is 36.4 Å². The number of benzene rings is 1. The predicted octanol–water partition coefficient (Wildman–Crippen LogP) is 2.43. The standard InChI is InChI=1S/C16H18N6/c1-2-5-12(6-3-1)20-13-7-4-8-22(10-13)16-14-9-19-21-15(14)17-11-18-16/h1-3,5-6,9,11,13,20H,4,7-8,10H2,(H,17,18,19,21). The number of nitrogens with zero attached hydrogens (tertiary/aromatic N) is 4. The number of aromatic nitrogens is 4. The Morgan fingerprint density at radius 3 is 3.00 bits per heavy atom. The summed E-state index contributed by atoms with van der Waals surface area (Å²) in [6.07, 6.45) is 5.72. The monoisotopic (exact) mass is 294 g/mol. The van der Waals surface area contributed by atoms with Crippen LogP contribution < -0.4 is 10.2 Å². The van der Waals surface area contributed by atoms with Crippen molar-refractivity contribution in [3.8, 4) is 0 Å². The van der Waals surface area contributed by atoms with Crippen molar-refractivity contribution >= 4 is 22.5 Å². The molecule has 3 heterocycles. The molecule has 1 aliphatic rings. The molecule has 1 aromatic carbocycles. The number of anilines is 2. The molecule has 3 aromatic rings. The van der Waals surface area contributed by atoms with Gasteiger partial charge in [0.15, 0.2) is 5.65 Å². The first kappa shape index (κ1) is 13.1. The number of hydrogen-bond donors (Lipinski definition) is 2. The van der Waals surface area contributed by atoms with Crippen LogP contribution in [-0.4, -0.2) is 39.3 Å². The topological polar surface area (TPSA) is 69.7 Å². The third-order valence-electron chi connectivity index (χ3n) is 4.09. The van der Waals surface area contributed by atoms with Crippen LogP contribution in [0.1, 0.15) is 12.8 Å². The molecule has 22 heavy (non-hydrogen) atoms. The van der Waals surface area contributed by atoms with E-state index in [-0.39, 0.29) is 0 Å². The van der Waals surface area contributed by atoms with Crippen molar-refractivity contribution in [3.63, 3.8) is 0 Å². The van der Waals surface area contributed by atoms with Gasteiger partial charge in [-0.1, -0.05) is 18.2 Å². The molecule has 112 valence electrons. The number of para-hydroxylation sites is 1. The zero-order chi connectivity index (χ0) is 14.8. The van der Waals surface area contributed by atoms with Crippen LogP contribution in [0.2, 0.25) is 0 Å². The van der Waals surface area contributed by atoms with E-state index >= 15 is 0 Å². The van der Waals surface area contributed by atoms with Crippen LogP contribution >= 0.6 is 0 Å². The lowest BCUT2D eigenvalue weighted by Crippen LogP contribution is -2.42. The second-order valence-corrected chi connectivity index (χ2v) is 5.63. The number of piperidine rings is 1. The molecule has 0 amide bonds. The number of rotatable bonds is 3.